The number of carbonyl (C=O) groups is 1. The first-order chi connectivity index (χ1) is 16.9. The van der Waals surface area contributed by atoms with Gasteiger partial charge in [-0.15, -0.1) is 0 Å². The molecule has 36 heavy (non-hydrogen) atoms. The normalized spacial score (nSPS) is 12.1. The lowest BCUT2D eigenvalue weighted by Gasteiger charge is -2.34. The summed E-state index contributed by atoms with van der Waals surface area (Å²) in [5, 5.41) is 3.74. The zero-order valence-electron chi connectivity index (χ0n) is 21.9. The third-order valence-corrected chi connectivity index (χ3v) is 5.81. The van der Waals surface area contributed by atoms with Crippen LogP contribution in [0.4, 0.5) is 10.2 Å². The Morgan fingerprint density at radius 2 is 1.75 bits per heavy atom. The summed E-state index contributed by atoms with van der Waals surface area (Å²) in [6.45, 7) is 13.1. The van der Waals surface area contributed by atoms with Gasteiger partial charge in [-0.2, -0.15) is 0 Å². The molecule has 4 aromatic rings. The Hall–Kier alpha value is -3.67. The number of carbonyl (C=O) groups excluding carboxylic acids is 1. The van der Waals surface area contributed by atoms with Gasteiger partial charge in [0.2, 0.25) is 0 Å². The zero-order valence-corrected chi connectivity index (χ0v) is 21.9. The number of rotatable bonds is 7. The average molecular weight is 488 g/mol. The van der Waals surface area contributed by atoms with Gasteiger partial charge in [0.15, 0.2) is 0 Å². The molecule has 0 radical (unpaired) electrons. The van der Waals surface area contributed by atoms with Crippen molar-refractivity contribution >= 4 is 17.4 Å². The van der Waals surface area contributed by atoms with Crippen LogP contribution in [0, 0.1) is 18.2 Å². The molecule has 0 aliphatic carbocycles. The first-order valence-electron chi connectivity index (χ1n) is 12.2. The third-order valence-electron chi connectivity index (χ3n) is 5.81. The lowest BCUT2D eigenvalue weighted by Crippen LogP contribution is -2.36. The molecule has 0 bridgehead atoms. The van der Waals surface area contributed by atoms with E-state index in [-0.39, 0.29) is 23.2 Å². The van der Waals surface area contributed by atoms with Crippen LogP contribution >= 0.6 is 0 Å². The van der Waals surface area contributed by atoms with Crippen molar-refractivity contribution in [1.82, 2.24) is 9.38 Å². The van der Waals surface area contributed by atoms with Gasteiger partial charge < -0.3 is 10.1 Å². The Bertz CT molecular complexity index is 1380. The van der Waals surface area contributed by atoms with Crippen LogP contribution in [0.25, 0.3) is 16.9 Å². The molecule has 4 rings (SSSR count). The number of imidazole rings is 1. The zero-order chi connectivity index (χ0) is 26.1. The summed E-state index contributed by atoms with van der Waals surface area (Å²) in [6.07, 6.45) is 3.05. The number of esters is 1. The van der Waals surface area contributed by atoms with E-state index in [1.54, 1.807) is 18.2 Å². The minimum absolute atomic E-state index is 0.0615. The summed E-state index contributed by atoms with van der Waals surface area (Å²) in [6, 6.07) is 17.4. The van der Waals surface area contributed by atoms with Crippen molar-refractivity contribution in [2.75, 3.05) is 5.32 Å². The molecular formula is C30H34FN3O2. The summed E-state index contributed by atoms with van der Waals surface area (Å²) in [7, 11) is 0. The highest BCUT2D eigenvalue weighted by molar-refractivity contribution is 5.79. The van der Waals surface area contributed by atoms with Crippen molar-refractivity contribution < 1.29 is 13.9 Å². The van der Waals surface area contributed by atoms with Crippen LogP contribution in [0.5, 0.6) is 5.75 Å². The first kappa shape index (κ1) is 25.4. The van der Waals surface area contributed by atoms with Crippen LogP contribution in [-0.2, 0) is 11.2 Å². The van der Waals surface area contributed by atoms with E-state index in [0.29, 0.717) is 11.3 Å². The number of hydrogen-bond donors (Lipinski definition) is 1. The number of halogens is 1. The molecule has 0 fully saturated rings. The van der Waals surface area contributed by atoms with Gasteiger partial charge in [-0.05, 0) is 80.1 Å². The molecule has 188 valence electrons. The topological polar surface area (TPSA) is 55.6 Å². The van der Waals surface area contributed by atoms with Gasteiger partial charge in [-0.3, -0.25) is 9.20 Å². The van der Waals surface area contributed by atoms with Crippen molar-refractivity contribution in [3.63, 3.8) is 0 Å². The van der Waals surface area contributed by atoms with Crippen LogP contribution in [0.3, 0.4) is 0 Å². The Balaban J connectivity index is 1.65. The number of pyridine rings is 1. The summed E-state index contributed by atoms with van der Waals surface area (Å²) in [5.41, 5.74) is 4.26. The monoisotopic (exact) mass is 487 g/mol. The molecule has 0 aliphatic rings. The molecule has 1 N–H and O–H groups in total. The quantitative estimate of drug-likeness (QED) is 0.221. The van der Waals surface area contributed by atoms with Crippen LogP contribution in [0.2, 0.25) is 0 Å². The summed E-state index contributed by atoms with van der Waals surface area (Å²) >= 11 is 0. The molecule has 0 atom stereocenters. The highest BCUT2D eigenvalue weighted by atomic mass is 19.1. The number of hydrogen-bond acceptors (Lipinski definition) is 4. The van der Waals surface area contributed by atoms with Crippen LogP contribution < -0.4 is 10.1 Å². The highest BCUT2D eigenvalue weighted by Gasteiger charge is 2.28. The molecule has 0 saturated heterocycles. The molecule has 0 unspecified atom stereocenters. The molecule has 2 aromatic heterocycles. The van der Waals surface area contributed by atoms with E-state index in [4.69, 9.17) is 9.72 Å². The standard InChI is InChI=1S/C30H34FN3O2/c1-20-14-15-34-25(16-20)32-27(28(34)33-30(5,6)19-29(2,3)4)22-8-7-9-24(18-22)36-26(35)17-21-10-12-23(31)13-11-21/h7-16,18,33H,17,19H2,1-6H3. The Labute approximate surface area is 212 Å². The number of nitrogens with zero attached hydrogens (tertiary/aromatic N) is 2. The number of anilines is 1. The maximum atomic E-state index is 13.2. The second kappa shape index (κ2) is 9.76. The SMILES string of the molecule is Cc1ccn2c(NC(C)(C)CC(C)(C)C)c(-c3cccc(OC(=O)Cc4ccc(F)cc4)c3)nc2c1. The highest BCUT2D eigenvalue weighted by Crippen LogP contribution is 2.36. The van der Waals surface area contributed by atoms with E-state index in [0.717, 1.165) is 34.7 Å². The van der Waals surface area contributed by atoms with E-state index in [9.17, 15) is 9.18 Å². The third kappa shape index (κ3) is 6.30. The molecule has 0 amide bonds. The Kier molecular flexibility index (Phi) is 6.90. The second-order valence-electron chi connectivity index (χ2n) is 11.3. The predicted molar refractivity (Wildman–Crippen MR) is 143 cm³/mol. The molecule has 0 spiro atoms. The second-order valence-corrected chi connectivity index (χ2v) is 11.3. The molecule has 6 heteroatoms. The number of aryl methyl sites for hydroxylation is 1. The van der Waals surface area contributed by atoms with Gasteiger partial charge in [0.05, 0.1) is 6.42 Å². The van der Waals surface area contributed by atoms with Gasteiger partial charge in [0, 0.05) is 17.3 Å². The van der Waals surface area contributed by atoms with Crippen molar-refractivity contribution in [1.29, 1.82) is 0 Å². The first-order valence-corrected chi connectivity index (χ1v) is 12.2. The predicted octanol–water partition coefficient (Wildman–Crippen LogP) is 7.22. The lowest BCUT2D eigenvalue weighted by atomic mass is 9.82. The van der Waals surface area contributed by atoms with Crippen LogP contribution in [0.1, 0.15) is 52.2 Å². The van der Waals surface area contributed by atoms with E-state index in [1.165, 1.54) is 12.1 Å². The smallest absolute Gasteiger partial charge is 0.315 e. The van der Waals surface area contributed by atoms with Gasteiger partial charge in [0.1, 0.15) is 28.7 Å². The number of benzene rings is 2. The van der Waals surface area contributed by atoms with Crippen LogP contribution in [0.15, 0.2) is 66.9 Å². The van der Waals surface area contributed by atoms with Gasteiger partial charge in [0.25, 0.3) is 0 Å². The van der Waals surface area contributed by atoms with E-state index < -0.39 is 5.97 Å². The summed E-state index contributed by atoms with van der Waals surface area (Å²) < 4.78 is 20.9. The number of aromatic nitrogens is 2. The van der Waals surface area contributed by atoms with Gasteiger partial charge >= 0.3 is 5.97 Å². The minimum Gasteiger partial charge on any atom is -0.426 e. The summed E-state index contributed by atoms with van der Waals surface area (Å²) in [5.74, 6) is 0.591. The fourth-order valence-electron chi connectivity index (χ4n) is 4.80. The maximum Gasteiger partial charge on any atom is 0.315 e. The Morgan fingerprint density at radius 1 is 1.03 bits per heavy atom. The number of fused-ring (bicyclic) bond motifs is 1. The van der Waals surface area contributed by atoms with E-state index >= 15 is 0 Å². The number of nitrogens with one attached hydrogen (secondary N) is 1. The summed E-state index contributed by atoms with van der Waals surface area (Å²) in [4.78, 5) is 17.5. The minimum atomic E-state index is -0.408. The maximum absolute atomic E-state index is 13.2. The fraction of sp³-hybridized carbons (Fsp3) is 0.333. The van der Waals surface area contributed by atoms with Crippen molar-refractivity contribution in [2.24, 2.45) is 5.41 Å². The Morgan fingerprint density at radius 3 is 2.44 bits per heavy atom. The largest absolute Gasteiger partial charge is 0.426 e. The molecule has 0 aliphatic heterocycles. The van der Waals surface area contributed by atoms with E-state index in [1.807, 2.05) is 31.3 Å². The van der Waals surface area contributed by atoms with Crippen LogP contribution in [-0.4, -0.2) is 20.9 Å². The van der Waals surface area contributed by atoms with E-state index in [2.05, 4.69) is 56.5 Å². The van der Waals surface area contributed by atoms with Crippen molar-refractivity contribution in [3.8, 4) is 17.0 Å². The molecule has 5 nitrogen and oxygen atoms in total. The van der Waals surface area contributed by atoms with Gasteiger partial charge in [-0.1, -0.05) is 45.0 Å². The van der Waals surface area contributed by atoms with Crippen molar-refractivity contribution in [3.05, 3.63) is 83.8 Å². The van der Waals surface area contributed by atoms with Crippen molar-refractivity contribution in [2.45, 2.75) is 59.9 Å². The fourth-order valence-corrected chi connectivity index (χ4v) is 4.80. The molecule has 2 heterocycles. The molecular weight excluding hydrogens is 453 g/mol. The van der Waals surface area contributed by atoms with Gasteiger partial charge in [-0.25, -0.2) is 9.37 Å². The molecule has 2 aromatic carbocycles. The average Bonchev–Trinajstić information content (AvgIpc) is 3.10. The number of ether oxygens (including phenoxy) is 1. The lowest BCUT2D eigenvalue weighted by molar-refractivity contribution is -0.133. The molecule has 0 saturated carbocycles.